The van der Waals surface area contributed by atoms with Gasteiger partial charge in [0.05, 0.1) is 12.2 Å². The van der Waals surface area contributed by atoms with Gasteiger partial charge in [-0.05, 0) is 40.7 Å². The molecule has 0 aliphatic carbocycles. The van der Waals surface area contributed by atoms with Crippen LogP contribution in [0.4, 0.5) is 0 Å². The molecule has 5 heteroatoms. The molecule has 1 rings (SSSR count). The Labute approximate surface area is 102 Å². The fourth-order valence-corrected chi connectivity index (χ4v) is 1.35. The molecule has 96 valence electrons. The van der Waals surface area contributed by atoms with E-state index < -0.39 is 17.1 Å². The molecule has 0 spiro atoms. The van der Waals surface area contributed by atoms with E-state index in [0.717, 1.165) is 5.69 Å². The highest BCUT2D eigenvalue weighted by Crippen LogP contribution is 2.14. The van der Waals surface area contributed by atoms with Gasteiger partial charge in [0.1, 0.15) is 11.1 Å². The molecule has 0 bridgehead atoms. The summed E-state index contributed by atoms with van der Waals surface area (Å²) in [6.07, 6.45) is 1.80. The van der Waals surface area contributed by atoms with Crippen molar-refractivity contribution in [1.82, 2.24) is 9.78 Å². The van der Waals surface area contributed by atoms with E-state index in [1.807, 2.05) is 33.8 Å². The van der Waals surface area contributed by atoms with Crippen LogP contribution in [-0.4, -0.2) is 26.9 Å². The Hall–Kier alpha value is -1.36. The molecule has 17 heavy (non-hydrogen) atoms. The maximum absolute atomic E-state index is 11.9. The second-order valence-corrected chi connectivity index (χ2v) is 5.57. The van der Waals surface area contributed by atoms with E-state index in [1.165, 1.54) is 0 Å². The lowest BCUT2D eigenvalue weighted by Crippen LogP contribution is -2.51. The summed E-state index contributed by atoms with van der Waals surface area (Å²) in [6, 6.07) is 1.87. The van der Waals surface area contributed by atoms with Crippen LogP contribution in [0.3, 0.4) is 0 Å². The van der Waals surface area contributed by atoms with Crippen molar-refractivity contribution in [2.45, 2.75) is 52.3 Å². The third-order valence-corrected chi connectivity index (χ3v) is 2.13. The van der Waals surface area contributed by atoms with Crippen LogP contribution >= 0.6 is 0 Å². The Balaban J connectivity index is 2.71. The van der Waals surface area contributed by atoms with Crippen LogP contribution < -0.4 is 5.73 Å². The molecule has 5 nitrogen and oxygen atoms in total. The largest absolute Gasteiger partial charge is 0.459 e. The zero-order valence-corrected chi connectivity index (χ0v) is 11.2. The summed E-state index contributed by atoms with van der Waals surface area (Å²) >= 11 is 0. The van der Waals surface area contributed by atoms with Gasteiger partial charge in [-0.1, -0.05) is 0 Å². The van der Waals surface area contributed by atoms with Gasteiger partial charge in [-0.2, -0.15) is 5.10 Å². The fourth-order valence-electron chi connectivity index (χ4n) is 1.35. The lowest BCUT2D eigenvalue weighted by molar-refractivity contribution is -0.161. The second-order valence-electron chi connectivity index (χ2n) is 5.57. The van der Waals surface area contributed by atoms with Crippen molar-refractivity contribution >= 4 is 5.97 Å². The fraction of sp³-hybridized carbons (Fsp3) is 0.667. The van der Waals surface area contributed by atoms with Crippen LogP contribution in [0.1, 0.15) is 33.4 Å². The third-order valence-electron chi connectivity index (χ3n) is 2.13. The first-order chi connectivity index (χ1) is 7.60. The van der Waals surface area contributed by atoms with Gasteiger partial charge < -0.3 is 10.5 Å². The summed E-state index contributed by atoms with van der Waals surface area (Å²) in [4.78, 5) is 11.9. The van der Waals surface area contributed by atoms with Gasteiger partial charge in [-0.3, -0.25) is 4.68 Å². The highest BCUT2D eigenvalue weighted by atomic mass is 16.6. The van der Waals surface area contributed by atoms with Crippen molar-refractivity contribution in [3.8, 4) is 0 Å². The summed E-state index contributed by atoms with van der Waals surface area (Å²) in [5, 5.41) is 4.20. The predicted octanol–water partition coefficient (Wildman–Crippen LogP) is 1.25. The summed E-state index contributed by atoms with van der Waals surface area (Å²) < 4.78 is 6.93. The van der Waals surface area contributed by atoms with Crippen LogP contribution in [0.25, 0.3) is 0 Å². The molecule has 0 aliphatic rings. The van der Waals surface area contributed by atoms with Crippen LogP contribution in [0, 0.1) is 6.92 Å². The van der Waals surface area contributed by atoms with Crippen molar-refractivity contribution in [2.75, 3.05) is 0 Å². The molecule has 1 aromatic heterocycles. The number of rotatable bonds is 3. The number of hydrogen-bond acceptors (Lipinski definition) is 4. The van der Waals surface area contributed by atoms with E-state index in [4.69, 9.17) is 10.5 Å². The number of carbonyl (C=O) groups excluding carboxylic acids is 1. The lowest BCUT2D eigenvalue weighted by Gasteiger charge is -2.28. The van der Waals surface area contributed by atoms with E-state index in [0.29, 0.717) is 6.54 Å². The summed E-state index contributed by atoms with van der Waals surface area (Å²) in [5.41, 5.74) is 5.26. The number of ether oxygens (including phenoxy) is 1. The molecular formula is C12H21N3O2. The number of hydrogen-bond donors (Lipinski definition) is 1. The molecule has 0 aliphatic heterocycles. The Morgan fingerprint density at radius 3 is 2.47 bits per heavy atom. The molecule has 0 aromatic carbocycles. The Bertz CT molecular complexity index is 402. The molecule has 0 saturated carbocycles. The number of nitrogens with zero attached hydrogens (tertiary/aromatic N) is 2. The number of nitrogens with two attached hydrogens (primary N) is 1. The topological polar surface area (TPSA) is 70.1 Å². The van der Waals surface area contributed by atoms with Gasteiger partial charge in [-0.15, -0.1) is 0 Å². The monoisotopic (exact) mass is 239 g/mol. The zero-order chi connectivity index (χ0) is 13.3. The summed E-state index contributed by atoms with van der Waals surface area (Å²) in [6.45, 7) is 9.29. The van der Waals surface area contributed by atoms with Gasteiger partial charge in [0.25, 0.3) is 0 Å². The van der Waals surface area contributed by atoms with Crippen molar-refractivity contribution < 1.29 is 9.53 Å². The average molecular weight is 239 g/mol. The molecule has 1 atom stereocenters. The van der Waals surface area contributed by atoms with E-state index >= 15 is 0 Å². The second kappa shape index (κ2) is 4.49. The molecule has 0 amide bonds. The number of aryl methyl sites for hydroxylation is 1. The molecule has 0 radical (unpaired) electrons. The van der Waals surface area contributed by atoms with E-state index in [-0.39, 0.29) is 0 Å². The smallest absolute Gasteiger partial charge is 0.328 e. The molecule has 1 unspecified atom stereocenters. The standard InChI is InChI=1S/C12H21N3O2/c1-9-6-7-15(14-9)8-12(5,13)10(16)17-11(2,3)4/h6-7H,8,13H2,1-5H3. The Morgan fingerprint density at radius 1 is 1.47 bits per heavy atom. The van der Waals surface area contributed by atoms with E-state index in [2.05, 4.69) is 5.10 Å². The quantitative estimate of drug-likeness (QED) is 0.806. The zero-order valence-electron chi connectivity index (χ0n) is 11.2. The first-order valence-electron chi connectivity index (χ1n) is 5.62. The molecule has 0 fully saturated rings. The van der Waals surface area contributed by atoms with Crippen molar-refractivity contribution in [3.63, 3.8) is 0 Å². The number of aromatic nitrogens is 2. The SMILES string of the molecule is Cc1ccn(CC(C)(N)C(=O)OC(C)(C)C)n1. The minimum Gasteiger partial charge on any atom is -0.459 e. The molecule has 1 aromatic rings. The van der Waals surface area contributed by atoms with Gasteiger partial charge in [0.15, 0.2) is 0 Å². The maximum atomic E-state index is 11.9. The first-order valence-corrected chi connectivity index (χ1v) is 5.62. The Kier molecular flexibility index (Phi) is 3.62. The average Bonchev–Trinajstić information content (AvgIpc) is 2.47. The molecule has 0 saturated heterocycles. The van der Waals surface area contributed by atoms with Gasteiger partial charge in [0, 0.05) is 6.20 Å². The maximum Gasteiger partial charge on any atom is 0.328 e. The highest BCUT2D eigenvalue weighted by Gasteiger charge is 2.33. The first kappa shape index (κ1) is 13.7. The minimum absolute atomic E-state index is 0.301. The lowest BCUT2D eigenvalue weighted by atomic mass is 10.0. The number of esters is 1. The molecular weight excluding hydrogens is 218 g/mol. The summed E-state index contributed by atoms with van der Waals surface area (Å²) in [5.74, 6) is -0.418. The Morgan fingerprint density at radius 2 is 2.06 bits per heavy atom. The normalized spacial score (nSPS) is 15.4. The van der Waals surface area contributed by atoms with E-state index in [1.54, 1.807) is 17.8 Å². The van der Waals surface area contributed by atoms with Crippen molar-refractivity contribution in [2.24, 2.45) is 5.73 Å². The van der Waals surface area contributed by atoms with Crippen LogP contribution in [0.5, 0.6) is 0 Å². The highest BCUT2D eigenvalue weighted by molar-refractivity contribution is 5.80. The molecule has 2 N–H and O–H groups in total. The third kappa shape index (κ3) is 4.19. The summed E-state index contributed by atoms with van der Waals surface area (Å²) in [7, 11) is 0. The van der Waals surface area contributed by atoms with E-state index in [9.17, 15) is 4.79 Å². The van der Waals surface area contributed by atoms with Gasteiger partial charge in [0.2, 0.25) is 0 Å². The van der Waals surface area contributed by atoms with Crippen LogP contribution in [-0.2, 0) is 16.1 Å². The van der Waals surface area contributed by atoms with Gasteiger partial charge >= 0.3 is 5.97 Å². The minimum atomic E-state index is -1.08. The number of carbonyl (C=O) groups is 1. The van der Waals surface area contributed by atoms with Crippen LogP contribution in [0.2, 0.25) is 0 Å². The van der Waals surface area contributed by atoms with Crippen molar-refractivity contribution in [3.05, 3.63) is 18.0 Å². The predicted molar refractivity (Wildman–Crippen MR) is 65.4 cm³/mol. The molecule has 1 heterocycles. The van der Waals surface area contributed by atoms with Crippen molar-refractivity contribution in [1.29, 1.82) is 0 Å². The van der Waals surface area contributed by atoms with Crippen LogP contribution in [0.15, 0.2) is 12.3 Å². The van der Waals surface area contributed by atoms with Gasteiger partial charge in [-0.25, -0.2) is 4.79 Å².